The summed E-state index contributed by atoms with van der Waals surface area (Å²) in [6.45, 7) is 3.85. The fraction of sp³-hybridized carbons (Fsp3) is 0.417. The van der Waals surface area contributed by atoms with E-state index in [1.165, 1.54) is 0 Å². The van der Waals surface area contributed by atoms with E-state index in [4.69, 9.17) is 0 Å². The van der Waals surface area contributed by atoms with Crippen LogP contribution in [0.5, 0.6) is 5.75 Å². The fourth-order valence-electron chi connectivity index (χ4n) is 2.12. The summed E-state index contributed by atoms with van der Waals surface area (Å²) < 4.78 is 0. The van der Waals surface area contributed by atoms with Gasteiger partial charge in [0.15, 0.2) is 0 Å². The van der Waals surface area contributed by atoms with Crippen LogP contribution in [0, 0.1) is 0 Å². The van der Waals surface area contributed by atoms with E-state index in [9.17, 15) is 9.90 Å². The highest BCUT2D eigenvalue weighted by Gasteiger charge is 2.35. The minimum absolute atomic E-state index is 0.260. The number of ketones is 1. The summed E-state index contributed by atoms with van der Waals surface area (Å²) in [7, 11) is 0. The number of aromatic hydroxyl groups is 1. The maximum Gasteiger partial charge on any atom is 0.143 e. The summed E-state index contributed by atoms with van der Waals surface area (Å²) in [6.07, 6.45) is 1.21. The Kier molecular flexibility index (Phi) is 1.88. The number of Topliss-reactive ketones (excluding diaryl/α,β-unsaturated/α-hetero) is 1. The van der Waals surface area contributed by atoms with Gasteiger partial charge in [0, 0.05) is 11.8 Å². The van der Waals surface area contributed by atoms with Gasteiger partial charge in [-0.1, -0.05) is 12.1 Å². The van der Waals surface area contributed by atoms with Crippen LogP contribution in [0.4, 0.5) is 0 Å². The highest BCUT2D eigenvalue weighted by atomic mass is 16.3. The second kappa shape index (κ2) is 2.84. The van der Waals surface area contributed by atoms with Gasteiger partial charge in [-0.2, -0.15) is 0 Å². The molecule has 0 heterocycles. The van der Waals surface area contributed by atoms with E-state index in [1.54, 1.807) is 12.1 Å². The highest BCUT2D eigenvalue weighted by molar-refractivity contribution is 5.91. The number of benzene rings is 1. The van der Waals surface area contributed by atoms with E-state index in [1.807, 2.05) is 19.9 Å². The topological polar surface area (TPSA) is 37.3 Å². The van der Waals surface area contributed by atoms with Gasteiger partial charge in [0.05, 0.1) is 0 Å². The van der Waals surface area contributed by atoms with Crippen molar-refractivity contribution in [3.8, 4) is 5.75 Å². The molecule has 0 amide bonds. The molecular weight excluding hydrogens is 176 g/mol. The average molecular weight is 190 g/mol. The number of phenolic OH excluding ortho intramolecular Hbond substituents is 1. The second-order valence-corrected chi connectivity index (χ2v) is 4.35. The van der Waals surface area contributed by atoms with Crippen molar-refractivity contribution in [1.82, 2.24) is 0 Å². The maximum atomic E-state index is 11.7. The van der Waals surface area contributed by atoms with Crippen molar-refractivity contribution in [3.63, 3.8) is 0 Å². The lowest BCUT2D eigenvalue weighted by Gasteiger charge is -2.31. The largest absolute Gasteiger partial charge is 0.508 e. The Hall–Kier alpha value is -1.31. The van der Waals surface area contributed by atoms with E-state index in [2.05, 4.69) is 0 Å². The molecule has 1 aliphatic carbocycles. The molecule has 74 valence electrons. The molecular formula is C12H14O2. The van der Waals surface area contributed by atoms with Crippen LogP contribution in [0.1, 0.15) is 31.4 Å². The van der Waals surface area contributed by atoms with Gasteiger partial charge in [-0.15, -0.1) is 0 Å². The quantitative estimate of drug-likeness (QED) is 0.680. The van der Waals surface area contributed by atoms with Crippen LogP contribution in [-0.2, 0) is 16.6 Å². The number of carbonyl (C=O) groups is 1. The standard InChI is InChI=1S/C12H14O2/c1-12(2)9-4-3-5-10(13)8(9)6-7-11(12)14/h3-5,13H,6-7H2,1-2H3. The molecule has 0 saturated heterocycles. The zero-order chi connectivity index (χ0) is 10.3. The molecule has 1 N–H and O–H groups in total. The SMILES string of the molecule is CC1(C)C(=O)CCc2c(O)cccc21. The summed E-state index contributed by atoms with van der Waals surface area (Å²) in [5.41, 5.74) is 1.48. The van der Waals surface area contributed by atoms with E-state index in [-0.39, 0.29) is 5.78 Å². The van der Waals surface area contributed by atoms with Crippen molar-refractivity contribution < 1.29 is 9.90 Å². The van der Waals surface area contributed by atoms with Crippen LogP contribution < -0.4 is 0 Å². The van der Waals surface area contributed by atoms with E-state index in [0.29, 0.717) is 18.6 Å². The number of fused-ring (bicyclic) bond motifs is 1. The molecule has 0 saturated carbocycles. The van der Waals surface area contributed by atoms with Crippen LogP contribution in [0.3, 0.4) is 0 Å². The minimum Gasteiger partial charge on any atom is -0.508 e. The minimum atomic E-state index is -0.438. The molecule has 14 heavy (non-hydrogen) atoms. The van der Waals surface area contributed by atoms with Gasteiger partial charge in [0.2, 0.25) is 0 Å². The van der Waals surface area contributed by atoms with Crippen molar-refractivity contribution in [1.29, 1.82) is 0 Å². The zero-order valence-corrected chi connectivity index (χ0v) is 8.50. The Bertz CT molecular complexity index is 391. The maximum absolute atomic E-state index is 11.7. The molecule has 0 bridgehead atoms. The van der Waals surface area contributed by atoms with Gasteiger partial charge in [-0.05, 0) is 37.5 Å². The Morgan fingerprint density at radius 3 is 2.71 bits per heavy atom. The number of rotatable bonds is 0. The molecule has 0 atom stereocenters. The van der Waals surface area contributed by atoms with Crippen LogP contribution in [0.25, 0.3) is 0 Å². The van der Waals surface area contributed by atoms with Crippen LogP contribution in [0.2, 0.25) is 0 Å². The first kappa shape index (κ1) is 9.25. The average Bonchev–Trinajstić information content (AvgIpc) is 2.13. The number of phenols is 1. The predicted molar refractivity (Wildman–Crippen MR) is 54.5 cm³/mol. The van der Waals surface area contributed by atoms with Crippen molar-refractivity contribution >= 4 is 5.78 Å². The molecule has 1 aromatic carbocycles. The van der Waals surface area contributed by atoms with Gasteiger partial charge in [-0.3, -0.25) is 4.79 Å². The molecule has 0 aliphatic heterocycles. The van der Waals surface area contributed by atoms with Crippen LogP contribution in [0.15, 0.2) is 18.2 Å². The summed E-state index contributed by atoms with van der Waals surface area (Å²) in [4.78, 5) is 11.7. The first-order valence-corrected chi connectivity index (χ1v) is 4.88. The smallest absolute Gasteiger partial charge is 0.143 e. The third-order valence-corrected chi connectivity index (χ3v) is 3.12. The summed E-state index contributed by atoms with van der Waals surface area (Å²) >= 11 is 0. The van der Waals surface area contributed by atoms with Crippen molar-refractivity contribution in [2.45, 2.75) is 32.1 Å². The molecule has 1 aromatic rings. The number of carbonyl (C=O) groups excluding carboxylic acids is 1. The van der Waals surface area contributed by atoms with Crippen LogP contribution in [-0.4, -0.2) is 10.9 Å². The first-order chi connectivity index (χ1) is 6.53. The fourth-order valence-corrected chi connectivity index (χ4v) is 2.12. The number of hydrogen-bond acceptors (Lipinski definition) is 2. The first-order valence-electron chi connectivity index (χ1n) is 4.88. The lowest BCUT2D eigenvalue weighted by atomic mass is 9.71. The molecule has 2 rings (SSSR count). The van der Waals surface area contributed by atoms with E-state index < -0.39 is 5.41 Å². The molecule has 2 heteroatoms. The lowest BCUT2D eigenvalue weighted by Crippen LogP contribution is -2.34. The molecule has 0 aromatic heterocycles. The van der Waals surface area contributed by atoms with Crippen molar-refractivity contribution in [2.75, 3.05) is 0 Å². The van der Waals surface area contributed by atoms with Gasteiger partial charge in [0.25, 0.3) is 0 Å². The molecule has 0 fully saturated rings. The highest BCUT2D eigenvalue weighted by Crippen LogP contribution is 2.37. The Labute approximate surface area is 83.6 Å². The normalized spacial score (nSPS) is 19.1. The summed E-state index contributed by atoms with van der Waals surface area (Å²) in [6, 6.07) is 5.42. The van der Waals surface area contributed by atoms with Crippen molar-refractivity contribution in [2.24, 2.45) is 0 Å². The summed E-state index contributed by atoms with van der Waals surface area (Å²) in [5.74, 6) is 0.582. The van der Waals surface area contributed by atoms with Crippen LogP contribution >= 0.6 is 0 Å². The van der Waals surface area contributed by atoms with Crippen molar-refractivity contribution in [3.05, 3.63) is 29.3 Å². The Morgan fingerprint density at radius 1 is 1.29 bits per heavy atom. The molecule has 0 spiro atoms. The Balaban J connectivity index is 2.64. The molecule has 2 nitrogen and oxygen atoms in total. The van der Waals surface area contributed by atoms with Gasteiger partial charge < -0.3 is 5.11 Å². The van der Waals surface area contributed by atoms with E-state index >= 15 is 0 Å². The third-order valence-electron chi connectivity index (χ3n) is 3.12. The predicted octanol–water partition coefficient (Wildman–Crippen LogP) is 2.19. The third kappa shape index (κ3) is 1.14. The van der Waals surface area contributed by atoms with Gasteiger partial charge in [0.1, 0.15) is 11.5 Å². The second-order valence-electron chi connectivity index (χ2n) is 4.35. The molecule has 1 aliphatic rings. The molecule has 0 radical (unpaired) electrons. The monoisotopic (exact) mass is 190 g/mol. The Morgan fingerprint density at radius 2 is 2.00 bits per heavy atom. The lowest BCUT2D eigenvalue weighted by molar-refractivity contribution is -0.124. The summed E-state index contributed by atoms with van der Waals surface area (Å²) in [5, 5.41) is 9.66. The van der Waals surface area contributed by atoms with Gasteiger partial charge >= 0.3 is 0 Å². The molecule has 0 unspecified atom stereocenters. The number of hydrogen-bond donors (Lipinski definition) is 1. The van der Waals surface area contributed by atoms with Gasteiger partial charge in [-0.25, -0.2) is 0 Å². The zero-order valence-electron chi connectivity index (χ0n) is 8.50. The van der Waals surface area contributed by atoms with E-state index in [0.717, 1.165) is 11.1 Å².